The summed E-state index contributed by atoms with van der Waals surface area (Å²) in [6.45, 7) is 0. The van der Waals surface area contributed by atoms with Crippen LogP contribution in [0.25, 0.3) is 0 Å². The predicted molar refractivity (Wildman–Crippen MR) is 82.4 cm³/mol. The lowest BCUT2D eigenvalue weighted by molar-refractivity contribution is 0.102. The number of pyridine rings is 1. The summed E-state index contributed by atoms with van der Waals surface area (Å²) in [7, 11) is 3.06. The third kappa shape index (κ3) is 3.30. The lowest BCUT2D eigenvalue weighted by atomic mass is 10.2. The second-order valence-corrected chi connectivity index (χ2v) is 4.93. The smallest absolute Gasteiger partial charge is 0.258 e. The Morgan fingerprint density at radius 3 is 2.81 bits per heavy atom. The van der Waals surface area contributed by atoms with Gasteiger partial charge in [-0.25, -0.2) is 9.37 Å². The van der Waals surface area contributed by atoms with E-state index in [1.165, 1.54) is 26.4 Å². The highest BCUT2D eigenvalue weighted by molar-refractivity contribution is 9.10. The number of aromatic nitrogens is 1. The van der Waals surface area contributed by atoms with E-state index in [-0.39, 0.29) is 11.4 Å². The Morgan fingerprint density at radius 1 is 1.38 bits per heavy atom. The molecule has 1 aromatic heterocycles. The van der Waals surface area contributed by atoms with Crippen molar-refractivity contribution in [3.8, 4) is 5.75 Å². The van der Waals surface area contributed by atoms with Crippen molar-refractivity contribution >= 4 is 33.3 Å². The lowest BCUT2D eigenvalue weighted by Crippen LogP contribution is -2.15. The van der Waals surface area contributed by atoms with Gasteiger partial charge in [-0.3, -0.25) is 4.79 Å². The zero-order valence-electron chi connectivity index (χ0n) is 11.4. The summed E-state index contributed by atoms with van der Waals surface area (Å²) in [5, 5.41) is 5.20. The van der Waals surface area contributed by atoms with Crippen LogP contribution in [0.3, 0.4) is 0 Å². The Hall–Kier alpha value is -2.15. The molecule has 0 aliphatic heterocycles. The molecule has 0 bridgehead atoms. The molecule has 0 aliphatic carbocycles. The van der Waals surface area contributed by atoms with Crippen molar-refractivity contribution in [2.24, 2.45) is 0 Å². The zero-order valence-corrected chi connectivity index (χ0v) is 13.0. The summed E-state index contributed by atoms with van der Waals surface area (Å²) in [6.07, 6.45) is 1.37. The summed E-state index contributed by atoms with van der Waals surface area (Å²) >= 11 is 3.32. The highest BCUT2D eigenvalue weighted by Crippen LogP contribution is 2.28. The van der Waals surface area contributed by atoms with Crippen LogP contribution in [0, 0.1) is 5.82 Å². The number of hydrogen-bond donors (Lipinski definition) is 2. The quantitative estimate of drug-likeness (QED) is 0.885. The van der Waals surface area contributed by atoms with Gasteiger partial charge < -0.3 is 15.4 Å². The van der Waals surface area contributed by atoms with Crippen molar-refractivity contribution in [3.05, 3.63) is 46.3 Å². The average Bonchev–Trinajstić information content (AvgIpc) is 2.49. The summed E-state index contributed by atoms with van der Waals surface area (Å²) < 4.78 is 19.9. The summed E-state index contributed by atoms with van der Waals surface area (Å²) in [5.74, 6) is -0.660. The van der Waals surface area contributed by atoms with Gasteiger partial charge in [-0.15, -0.1) is 0 Å². The van der Waals surface area contributed by atoms with Crippen molar-refractivity contribution in [3.63, 3.8) is 0 Å². The van der Waals surface area contributed by atoms with Crippen LogP contribution >= 0.6 is 15.9 Å². The molecule has 0 spiro atoms. The van der Waals surface area contributed by atoms with E-state index in [4.69, 9.17) is 4.74 Å². The monoisotopic (exact) mass is 353 g/mol. The standard InChI is InChI=1S/C14H13BrFN3O2/c1-17-13-12(16)9(5-6-18-13)14(20)19-8-3-4-10(15)11(7-8)21-2/h3-7H,1-2H3,(H,17,18)(H,19,20). The number of rotatable bonds is 4. The molecular weight excluding hydrogens is 341 g/mol. The molecule has 1 heterocycles. The maximum absolute atomic E-state index is 14.0. The van der Waals surface area contributed by atoms with Crippen molar-refractivity contribution in [1.29, 1.82) is 0 Å². The molecular formula is C14H13BrFN3O2. The van der Waals surface area contributed by atoms with Gasteiger partial charge in [0.1, 0.15) is 5.75 Å². The van der Waals surface area contributed by atoms with E-state index in [0.717, 1.165) is 4.47 Å². The van der Waals surface area contributed by atoms with Crippen LogP contribution in [0.2, 0.25) is 0 Å². The molecule has 0 radical (unpaired) electrons. The minimum Gasteiger partial charge on any atom is -0.495 e. The first kappa shape index (κ1) is 15.2. The molecule has 0 aliphatic rings. The van der Waals surface area contributed by atoms with E-state index in [2.05, 4.69) is 31.5 Å². The fraction of sp³-hybridized carbons (Fsp3) is 0.143. The predicted octanol–water partition coefficient (Wildman–Crippen LogP) is 3.29. The third-order valence-electron chi connectivity index (χ3n) is 2.78. The second kappa shape index (κ2) is 6.53. The second-order valence-electron chi connectivity index (χ2n) is 4.07. The summed E-state index contributed by atoms with van der Waals surface area (Å²) in [5.41, 5.74) is 0.415. The summed E-state index contributed by atoms with van der Waals surface area (Å²) in [4.78, 5) is 15.9. The van der Waals surface area contributed by atoms with Crippen molar-refractivity contribution in [2.75, 3.05) is 24.8 Å². The van der Waals surface area contributed by atoms with Gasteiger partial charge in [0.2, 0.25) is 0 Å². The molecule has 1 amide bonds. The van der Waals surface area contributed by atoms with Crippen LogP contribution in [0.4, 0.5) is 15.9 Å². The van der Waals surface area contributed by atoms with Gasteiger partial charge in [-0.2, -0.15) is 0 Å². The average molecular weight is 354 g/mol. The van der Waals surface area contributed by atoms with E-state index in [1.54, 1.807) is 18.2 Å². The number of carbonyl (C=O) groups excluding carboxylic acids is 1. The number of hydrogen-bond acceptors (Lipinski definition) is 4. The van der Waals surface area contributed by atoms with Gasteiger partial charge in [-0.05, 0) is 34.1 Å². The number of amides is 1. The molecule has 2 N–H and O–H groups in total. The first-order valence-electron chi connectivity index (χ1n) is 6.04. The van der Waals surface area contributed by atoms with E-state index in [1.807, 2.05) is 0 Å². The Morgan fingerprint density at radius 2 is 2.14 bits per heavy atom. The minimum atomic E-state index is -0.693. The molecule has 0 atom stereocenters. The largest absolute Gasteiger partial charge is 0.495 e. The SMILES string of the molecule is CNc1nccc(C(=O)Nc2ccc(Br)c(OC)c2)c1F. The molecule has 2 rings (SSSR count). The van der Waals surface area contributed by atoms with Crippen LogP contribution in [-0.4, -0.2) is 25.0 Å². The van der Waals surface area contributed by atoms with E-state index in [0.29, 0.717) is 11.4 Å². The molecule has 0 fully saturated rings. The number of benzene rings is 1. The fourth-order valence-electron chi connectivity index (χ4n) is 1.73. The maximum atomic E-state index is 14.0. The Kier molecular flexibility index (Phi) is 4.74. The maximum Gasteiger partial charge on any atom is 0.258 e. The third-order valence-corrected chi connectivity index (χ3v) is 3.43. The van der Waals surface area contributed by atoms with Crippen LogP contribution in [-0.2, 0) is 0 Å². The number of nitrogens with zero attached hydrogens (tertiary/aromatic N) is 1. The van der Waals surface area contributed by atoms with Crippen molar-refractivity contribution in [1.82, 2.24) is 4.98 Å². The van der Waals surface area contributed by atoms with E-state index in [9.17, 15) is 9.18 Å². The molecule has 7 heteroatoms. The highest BCUT2D eigenvalue weighted by atomic mass is 79.9. The van der Waals surface area contributed by atoms with Gasteiger partial charge in [0.25, 0.3) is 5.91 Å². The number of ether oxygens (including phenoxy) is 1. The molecule has 1 aromatic carbocycles. The Balaban J connectivity index is 2.26. The van der Waals surface area contributed by atoms with Gasteiger partial charge in [0, 0.05) is 25.0 Å². The molecule has 0 saturated heterocycles. The van der Waals surface area contributed by atoms with Crippen LogP contribution in [0.15, 0.2) is 34.9 Å². The van der Waals surface area contributed by atoms with Gasteiger partial charge in [-0.1, -0.05) is 0 Å². The minimum absolute atomic E-state index is 0.0241. The molecule has 5 nitrogen and oxygen atoms in total. The van der Waals surface area contributed by atoms with Gasteiger partial charge in [0.15, 0.2) is 11.6 Å². The highest BCUT2D eigenvalue weighted by Gasteiger charge is 2.16. The molecule has 110 valence electrons. The number of methoxy groups -OCH3 is 1. The molecule has 2 aromatic rings. The number of carbonyl (C=O) groups is 1. The normalized spacial score (nSPS) is 10.1. The zero-order chi connectivity index (χ0) is 15.4. The first-order valence-corrected chi connectivity index (χ1v) is 6.83. The molecule has 0 unspecified atom stereocenters. The summed E-state index contributed by atoms with van der Waals surface area (Å²) in [6, 6.07) is 6.38. The van der Waals surface area contributed by atoms with Crippen LogP contribution in [0.1, 0.15) is 10.4 Å². The number of halogens is 2. The lowest BCUT2D eigenvalue weighted by Gasteiger charge is -2.10. The van der Waals surface area contributed by atoms with Gasteiger partial charge >= 0.3 is 0 Å². The molecule has 0 saturated carbocycles. The van der Waals surface area contributed by atoms with E-state index >= 15 is 0 Å². The number of nitrogens with one attached hydrogen (secondary N) is 2. The Bertz CT molecular complexity index is 679. The Labute approximate surface area is 129 Å². The molecule has 21 heavy (non-hydrogen) atoms. The van der Waals surface area contributed by atoms with Crippen molar-refractivity contribution < 1.29 is 13.9 Å². The van der Waals surface area contributed by atoms with Gasteiger partial charge in [0.05, 0.1) is 17.1 Å². The van der Waals surface area contributed by atoms with Crippen LogP contribution < -0.4 is 15.4 Å². The number of anilines is 2. The topological polar surface area (TPSA) is 63.2 Å². The first-order chi connectivity index (χ1) is 10.1. The van der Waals surface area contributed by atoms with Crippen molar-refractivity contribution in [2.45, 2.75) is 0 Å². The fourth-order valence-corrected chi connectivity index (χ4v) is 2.14. The van der Waals surface area contributed by atoms with Crippen LogP contribution in [0.5, 0.6) is 5.75 Å². The van der Waals surface area contributed by atoms with E-state index < -0.39 is 11.7 Å².